The molecule has 1 fully saturated rings. The first-order valence-corrected chi connectivity index (χ1v) is 9.76. The van der Waals surface area contributed by atoms with Crippen LogP contribution >= 0.6 is 0 Å². The van der Waals surface area contributed by atoms with E-state index >= 15 is 0 Å². The highest BCUT2D eigenvalue weighted by atomic mass is 16.5. The number of fused-ring (bicyclic) bond motifs is 1. The molecule has 0 unspecified atom stereocenters. The zero-order chi connectivity index (χ0) is 20.6. The van der Waals surface area contributed by atoms with Gasteiger partial charge in [0, 0.05) is 38.4 Å². The summed E-state index contributed by atoms with van der Waals surface area (Å²) in [5, 5.41) is 0. The van der Waals surface area contributed by atoms with E-state index in [1.54, 1.807) is 29.2 Å². The SMILES string of the molecule is CC(=O)Oc1ccc(C(=O)N2CCC3(CC2)CC(=O)c2cc(C)ccc2O3)cc1. The van der Waals surface area contributed by atoms with Crippen LogP contribution in [-0.4, -0.2) is 41.3 Å². The van der Waals surface area contributed by atoms with Crippen LogP contribution in [0.4, 0.5) is 0 Å². The third-order valence-corrected chi connectivity index (χ3v) is 5.57. The number of rotatable bonds is 2. The maximum absolute atomic E-state index is 12.8. The van der Waals surface area contributed by atoms with Gasteiger partial charge in [0.2, 0.25) is 0 Å². The van der Waals surface area contributed by atoms with E-state index in [1.807, 2.05) is 25.1 Å². The number of esters is 1. The largest absolute Gasteiger partial charge is 0.486 e. The fourth-order valence-corrected chi connectivity index (χ4v) is 4.02. The van der Waals surface area contributed by atoms with Gasteiger partial charge in [0.05, 0.1) is 12.0 Å². The van der Waals surface area contributed by atoms with E-state index in [0.717, 1.165) is 5.56 Å². The zero-order valence-electron chi connectivity index (χ0n) is 16.6. The van der Waals surface area contributed by atoms with Crippen LogP contribution in [0, 0.1) is 6.92 Å². The van der Waals surface area contributed by atoms with Crippen LogP contribution < -0.4 is 9.47 Å². The molecule has 29 heavy (non-hydrogen) atoms. The van der Waals surface area contributed by atoms with Crippen molar-refractivity contribution in [1.29, 1.82) is 0 Å². The lowest BCUT2D eigenvalue weighted by atomic mass is 9.82. The van der Waals surface area contributed by atoms with Crippen LogP contribution in [0.1, 0.15) is 52.5 Å². The smallest absolute Gasteiger partial charge is 0.308 e. The summed E-state index contributed by atoms with van der Waals surface area (Å²) in [7, 11) is 0. The molecule has 2 aromatic rings. The highest BCUT2D eigenvalue weighted by Crippen LogP contribution is 2.39. The van der Waals surface area contributed by atoms with E-state index in [4.69, 9.17) is 9.47 Å². The van der Waals surface area contributed by atoms with E-state index < -0.39 is 11.6 Å². The molecule has 1 amide bonds. The lowest BCUT2D eigenvalue weighted by molar-refractivity contribution is -0.131. The van der Waals surface area contributed by atoms with Gasteiger partial charge in [-0.25, -0.2) is 0 Å². The molecule has 150 valence electrons. The Morgan fingerprint density at radius 2 is 1.76 bits per heavy atom. The van der Waals surface area contributed by atoms with E-state index in [9.17, 15) is 14.4 Å². The number of ether oxygens (including phenoxy) is 2. The van der Waals surface area contributed by atoms with Crippen molar-refractivity contribution in [2.75, 3.05) is 13.1 Å². The molecule has 0 atom stereocenters. The summed E-state index contributed by atoms with van der Waals surface area (Å²) in [6.07, 6.45) is 1.58. The van der Waals surface area contributed by atoms with Crippen molar-refractivity contribution in [1.82, 2.24) is 4.90 Å². The third kappa shape index (κ3) is 3.88. The number of carbonyl (C=O) groups excluding carboxylic acids is 3. The fraction of sp³-hybridized carbons (Fsp3) is 0.348. The summed E-state index contributed by atoms with van der Waals surface area (Å²) < 4.78 is 11.3. The lowest BCUT2D eigenvalue weighted by Gasteiger charge is -2.44. The Bertz CT molecular complexity index is 971. The molecule has 0 saturated carbocycles. The van der Waals surface area contributed by atoms with E-state index in [0.29, 0.717) is 55.0 Å². The number of hydrogen-bond acceptors (Lipinski definition) is 5. The molecule has 2 aliphatic heterocycles. The van der Waals surface area contributed by atoms with Crippen molar-refractivity contribution < 1.29 is 23.9 Å². The van der Waals surface area contributed by atoms with Gasteiger partial charge < -0.3 is 14.4 Å². The number of ketones is 1. The summed E-state index contributed by atoms with van der Waals surface area (Å²) in [6.45, 7) is 4.35. The Morgan fingerprint density at radius 1 is 1.07 bits per heavy atom. The molecule has 4 rings (SSSR count). The van der Waals surface area contributed by atoms with Crippen LogP contribution in [0.3, 0.4) is 0 Å². The first kappa shape index (κ1) is 19.2. The Hall–Kier alpha value is -3.15. The second-order valence-electron chi connectivity index (χ2n) is 7.79. The summed E-state index contributed by atoms with van der Waals surface area (Å²) in [4.78, 5) is 38.3. The van der Waals surface area contributed by atoms with Crippen molar-refractivity contribution in [2.24, 2.45) is 0 Å². The first-order chi connectivity index (χ1) is 13.8. The fourth-order valence-electron chi connectivity index (χ4n) is 4.02. The number of nitrogens with zero attached hydrogens (tertiary/aromatic N) is 1. The first-order valence-electron chi connectivity index (χ1n) is 9.76. The van der Waals surface area contributed by atoms with Crippen LogP contribution in [0.15, 0.2) is 42.5 Å². The molecule has 1 saturated heterocycles. The number of Topliss-reactive ketones (excluding diaryl/α,β-unsaturated/α-hetero) is 1. The highest BCUT2D eigenvalue weighted by molar-refractivity contribution is 6.00. The third-order valence-electron chi connectivity index (χ3n) is 5.57. The Kier molecular flexibility index (Phi) is 4.86. The second kappa shape index (κ2) is 7.35. The minimum absolute atomic E-state index is 0.0765. The number of carbonyl (C=O) groups is 3. The molecule has 0 N–H and O–H groups in total. The molecule has 1 spiro atoms. The van der Waals surface area contributed by atoms with Crippen LogP contribution in [0.5, 0.6) is 11.5 Å². The monoisotopic (exact) mass is 393 g/mol. The van der Waals surface area contributed by atoms with Gasteiger partial charge in [0.25, 0.3) is 5.91 Å². The maximum Gasteiger partial charge on any atom is 0.308 e. The number of aryl methyl sites for hydroxylation is 1. The quantitative estimate of drug-likeness (QED) is 0.576. The maximum atomic E-state index is 12.8. The Balaban J connectivity index is 1.43. The zero-order valence-corrected chi connectivity index (χ0v) is 16.6. The minimum Gasteiger partial charge on any atom is -0.486 e. The van der Waals surface area contributed by atoms with Crippen molar-refractivity contribution in [3.05, 3.63) is 59.2 Å². The number of benzene rings is 2. The molecule has 6 nitrogen and oxygen atoms in total. The van der Waals surface area contributed by atoms with Gasteiger partial charge in [-0.3, -0.25) is 14.4 Å². The summed E-state index contributed by atoms with van der Waals surface area (Å²) in [5.74, 6) is 0.690. The molecule has 2 aliphatic rings. The average molecular weight is 393 g/mol. The highest BCUT2D eigenvalue weighted by Gasteiger charge is 2.43. The van der Waals surface area contributed by atoms with Gasteiger partial charge in [-0.05, 0) is 43.3 Å². The van der Waals surface area contributed by atoms with Crippen LogP contribution in [0.2, 0.25) is 0 Å². The molecule has 2 heterocycles. The predicted octanol–water partition coefficient (Wildman–Crippen LogP) is 3.56. The summed E-state index contributed by atoms with van der Waals surface area (Å²) in [6, 6.07) is 12.2. The predicted molar refractivity (Wildman–Crippen MR) is 106 cm³/mol. The Morgan fingerprint density at radius 3 is 2.41 bits per heavy atom. The Labute approximate surface area is 169 Å². The molecule has 0 aliphatic carbocycles. The standard InChI is InChI=1S/C23H23NO5/c1-15-3-8-21-19(13-15)20(26)14-23(29-21)9-11-24(12-10-23)22(27)17-4-6-18(7-5-17)28-16(2)25/h3-8,13H,9-12,14H2,1-2H3. The van der Waals surface area contributed by atoms with Crippen molar-refractivity contribution >= 4 is 17.7 Å². The van der Waals surface area contributed by atoms with E-state index in [2.05, 4.69) is 0 Å². The van der Waals surface area contributed by atoms with Crippen molar-refractivity contribution in [3.8, 4) is 11.5 Å². The number of amides is 1. The van der Waals surface area contributed by atoms with Gasteiger partial charge in [0.15, 0.2) is 5.78 Å². The molecule has 0 radical (unpaired) electrons. The van der Waals surface area contributed by atoms with Crippen LogP contribution in [-0.2, 0) is 4.79 Å². The van der Waals surface area contributed by atoms with Gasteiger partial charge in [0.1, 0.15) is 17.1 Å². The van der Waals surface area contributed by atoms with Gasteiger partial charge in [-0.15, -0.1) is 0 Å². The summed E-state index contributed by atoms with van der Waals surface area (Å²) in [5.41, 5.74) is 1.70. The topological polar surface area (TPSA) is 72.9 Å². The molecule has 6 heteroatoms. The summed E-state index contributed by atoms with van der Waals surface area (Å²) >= 11 is 0. The normalized spacial score (nSPS) is 17.4. The van der Waals surface area contributed by atoms with Crippen LogP contribution in [0.25, 0.3) is 0 Å². The van der Waals surface area contributed by atoms with Crippen molar-refractivity contribution in [2.45, 2.75) is 38.7 Å². The number of hydrogen-bond donors (Lipinski definition) is 0. The average Bonchev–Trinajstić information content (AvgIpc) is 2.69. The lowest BCUT2D eigenvalue weighted by Crippen LogP contribution is -2.52. The number of piperidine rings is 1. The molecule has 0 aromatic heterocycles. The molecular formula is C23H23NO5. The minimum atomic E-state index is -0.532. The molecule has 2 aromatic carbocycles. The van der Waals surface area contributed by atoms with Gasteiger partial charge in [-0.1, -0.05) is 11.6 Å². The molecular weight excluding hydrogens is 370 g/mol. The second-order valence-corrected chi connectivity index (χ2v) is 7.79. The van der Waals surface area contributed by atoms with Gasteiger partial charge in [-0.2, -0.15) is 0 Å². The molecule has 0 bridgehead atoms. The van der Waals surface area contributed by atoms with Gasteiger partial charge >= 0.3 is 5.97 Å². The van der Waals surface area contributed by atoms with Crippen molar-refractivity contribution in [3.63, 3.8) is 0 Å². The van der Waals surface area contributed by atoms with E-state index in [1.165, 1.54) is 6.92 Å². The number of likely N-dealkylation sites (tertiary alicyclic amines) is 1. The van der Waals surface area contributed by atoms with E-state index in [-0.39, 0.29) is 11.7 Å².